The first-order valence-corrected chi connectivity index (χ1v) is 10.4. The average molecular weight is 388 g/mol. The zero-order valence-electron chi connectivity index (χ0n) is 17.8. The van der Waals surface area contributed by atoms with Crippen LogP contribution in [0.5, 0.6) is 0 Å². The van der Waals surface area contributed by atoms with Gasteiger partial charge in [0.05, 0.1) is 36.4 Å². The number of carbonyl (C=O) groups is 1. The minimum atomic E-state index is -0.828. The monoisotopic (exact) mass is 387 g/mol. The van der Waals surface area contributed by atoms with Gasteiger partial charge in [-0.15, -0.1) is 0 Å². The predicted octanol–water partition coefficient (Wildman–Crippen LogP) is 4.67. The van der Waals surface area contributed by atoms with Crippen LogP contribution in [0, 0.1) is 0 Å². The summed E-state index contributed by atoms with van der Waals surface area (Å²) < 4.78 is 14.6. The molecule has 2 heterocycles. The number of aliphatic carboxylic acids is 1. The molecule has 0 saturated carbocycles. The van der Waals surface area contributed by atoms with E-state index >= 15 is 0 Å². The van der Waals surface area contributed by atoms with Crippen LogP contribution >= 0.6 is 0 Å². The fourth-order valence-electron chi connectivity index (χ4n) is 4.78. The highest BCUT2D eigenvalue weighted by Crippen LogP contribution is 2.45. The van der Waals surface area contributed by atoms with Gasteiger partial charge in [0.1, 0.15) is 5.60 Å². The summed E-state index contributed by atoms with van der Waals surface area (Å²) in [6, 6.07) is 6.45. The number of carboxylic acids is 1. The van der Waals surface area contributed by atoms with Gasteiger partial charge >= 0.3 is 5.97 Å². The van der Waals surface area contributed by atoms with Crippen molar-refractivity contribution in [3.63, 3.8) is 0 Å². The van der Waals surface area contributed by atoms with Crippen molar-refractivity contribution in [1.29, 1.82) is 0 Å². The van der Waals surface area contributed by atoms with Gasteiger partial charge in [-0.1, -0.05) is 32.0 Å². The molecule has 3 rings (SSSR count). The molecular formula is C23H33NO4. The number of hydrogen-bond acceptors (Lipinski definition) is 3. The Hall–Kier alpha value is -1.85. The van der Waals surface area contributed by atoms with Crippen LogP contribution < -0.4 is 0 Å². The highest BCUT2D eigenvalue weighted by molar-refractivity contribution is 5.89. The standard InChI is InChI=1S/C23H33NO4/c1-6-16-10-9-11-17-18-12-13-28-23(7-2,14-19(25)26)21(18)24(20(16)17)15-22(4,5)27-8-3/h9-11H,6-8,12-15H2,1-5H3,(H,25,26). The maximum absolute atomic E-state index is 11.8. The third-order valence-corrected chi connectivity index (χ3v) is 5.90. The minimum absolute atomic E-state index is 0.0245. The lowest BCUT2D eigenvalue weighted by Crippen LogP contribution is -2.41. The first-order chi connectivity index (χ1) is 13.3. The van der Waals surface area contributed by atoms with Crippen LogP contribution in [0.25, 0.3) is 10.9 Å². The molecule has 5 heteroatoms. The van der Waals surface area contributed by atoms with Gasteiger partial charge in [-0.25, -0.2) is 0 Å². The van der Waals surface area contributed by atoms with Crippen LogP contribution in [0.3, 0.4) is 0 Å². The molecule has 1 aromatic heterocycles. The molecule has 5 nitrogen and oxygen atoms in total. The number of rotatable bonds is 8. The van der Waals surface area contributed by atoms with E-state index in [1.54, 1.807) is 0 Å². The van der Waals surface area contributed by atoms with E-state index in [0.717, 1.165) is 18.5 Å². The zero-order valence-corrected chi connectivity index (χ0v) is 17.8. The van der Waals surface area contributed by atoms with E-state index in [1.807, 2.05) is 13.8 Å². The number of carboxylic acid groups (broad SMARTS) is 1. The predicted molar refractivity (Wildman–Crippen MR) is 111 cm³/mol. The van der Waals surface area contributed by atoms with Crippen LogP contribution in [-0.2, 0) is 39.3 Å². The van der Waals surface area contributed by atoms with Gasteiger partial charge < -0.3 is 19.1 Å². The number of aromatic nitrogens is 1. The smallest absolute Gasteiger partial charge is 0.306 e. The lowest BCUT2D eigenvalue weighted by Gasteiger charge is -2.39. The van der Waals surface area contributed by atoms with E-state index in [2.05, 4.69) is 43.5 Å². The van der Waals surface area contributed by atoms with Crippen LogP contribution in [0.1, 0.15) is 64.3 Å². The summed E-state index contributed by atoms with van der Waals surface area (Å²) >= 11 is 0. The number of hydrogen-bond donors (Lipinski definition) is 1. The maximum Gasteiger partial charge on any atom is 0.306 e. The van der Waals surface area contributed by atoms with Gasteiger partial charge in [-0.05, 0) is 51.2 Å². The van der Waals surface area contributed by atoms with Gasteiger partial charge in [0.2, 0.25) is 0 Å². The zero-order chi connectivity index (χ0) is 20.5. The molecule has 0 saturated heterocycles. The Bertz CT molecular complexity index is 867. The molecule has 0 fully saturated rings. The molecule has 1 aromatic carbocycles. The fraction of sp³-hybridized carbons (Fsp3) is 0.609. The molecule has 1 aliphatic rings. The molecule has 1 N–H and O–H groups in total. The van der Waals surface area contributed by atoms with Crippen molar-refractivity contribution in [3.8, 4) is 0 Å². The third-order valence-electron chi connectivity index (χ3n) is 5.90. The number of aryl methyl sites for hydroxylation is 1. The van der Waals surface area contributed by atoms with Gasteiger partial charge in [0.15, 0.2) is 0 Å². The molecule has 1 atom stereocenters. The number of fused-ring (bicyclic) bond motifs is 3. The van der Waals surface area contributed by atoms with Crippen molar-refractivity contribution in [2.75, 3.05) is 13.2 Å². The van der Waals surface area contributed by atoms with Crippen molar-refractivity contribution in [2.45, 2.75) is 78.0 Å². The largest absolute Gasteiger partial charge is 0.481 e. The van der Waals surface area contributed by atoms with Gasteiger partial charge in [0.25, 0.3) is 0 Å². The summed E-state index contributed by atoms with van der Waals surface area (Å²) in [4.78, 5) is 11.8. The second kappa shape index (κ2) is 7.88. The molecule has 0 radical (unpaired) electrons. The molecule has 0 aliphatic carbocycles. The second-order valence-electron chi connectivity index (χ2n) is 8.29. The van der Waals surface area contributed by atoms with Crippen molar-refractivity contribution in [3.05, 3.63) is 35.0 Å². The second-order valence-corrected chi connectivity index (χ2v) is 8.29. The summed E-state index contributed by atoms with van der Waals surface area (Å²) in [7, 11) is 0. The Morgan fingerprint density at radius 1 is 1.32 bits per heavy atom. The van der Waals surface area contributed by atoms with Gasteiger partial charge in [0, 0.05) is 12.0 Å². The van der Waals surface area contributed by atoms with Gasteiger partial charge in [-0.2, -0.15) is 0 Å². The van der Waals surface area contributed by atoms with E-state index < -0.39 is 11.6 Å². The van der Waals surface area contributed by atoms with Crippen LogP contribution in [0.15, 0.2) is 18.2 Å². The normalized spacial score (nSPS) is 19.8. The van der Waals surface area contributed by atoms with Crippen molar-refractivity contribution in [2.24, 2.45) is 0 Å². The summed E-state index contributed by atoms with van der Waals surface area (Å²) in [5, 5.41) is 10.9. The summed E-state index contributed by atoms with van der Waals surface area (Å²) in [5.41, 5.74) is 3.59. The summed E-state index contributed by atoms with van der Waals surface area (Å²) in [5.74, 6) is -0.828. The van der Waals surface area contributed by atoms with Gasteiger partial charge in [-0.3, -0.25) is 4.79 Å². The lowest BCUT2D eigenvalue weighted by atomic mass is 9.85. The van der Waals surface area contributed by atoms with E-state index in [4.69, 9.17) is 9.47 Å². The van der Waals surface area contributed by atoms with E-state index in [1.165, 1.54) is 22.0 Å². The first-order valence-electron chi connectivity index (χ1n) is 10.4. The Kier molecular flexibility index (Phi) is 5.87. The molecule has 1 aliphatic heterocycles. The molecule has 28 heavy (non-hydrogen) atoms. The molecule has 0 bridgehead atoms. The molecule has 0 amide bonds. The summed E-state index contributed by atoms with van der Waals surface area (Å²) in [6.45, 7) is 12.2. The highest BCUT2D eigenvalue weighted by Gasteiger charge is 2.43. The van der Waals surface area contributed by atoms with Crippen molar-refractivity contribution in [1.82, 2.24) is 4.57 Å². The summed E-state index contributed by atoms with van der Waals surface area (Å²) in [6.07, 6.45) is 2.33. The molecule has 0 spiro atoms. The van der Waals surface area contributed by atoms with Crippen LogP contribution in [0.4, 0.5) is 0 Å². The number of nitrogens with zero attached hydrogens (tertiary/aromatic N) is 1. The maximum atomic E-state index is 11.8. The Balaban J connectivity index is 2.33. The lowest BCUT2D eigenvalue weighted by molar-refractivity contribution is -0.149. The van der Waals surface area contributed by atoms with Crippen LogP contribution in [0.2, 0.25) is 0 Å². The quantitative estimate of drug-likeness (QED) is 0.715. The third kappa shape index (κ3) is 3.58. The molecule has 2 aromatic rings. The SMILES string of the molecule is CCOC(C)(C)Cn1c2c(c3cccc(CC)c31)CCOC2(CC)CC(=O)O. The topological polar surface area (TPSA) is 60.7 Å². The molecule has 154 valence electrons. The fourth-order valence-corrected chi connectivity index (χ4v) is 4.78. The number of ether oxygens (including phenoxy) is 2. The average Bonchev–Trinajstić information content (AvgIpc) is 2.96. The Morgan fingerprint density at radius 2 is 2.07 bits per heavy atom. The van der Waals surface area contributed by atoms with Crippen LogP contribution in [-0.4, -0.2) is 34.5 Å². The van der Waals surface area contributed by atoms with E-state index in [0.29, 0.717) is 26.2 Å². The van der Waals surface area contributed by atoms with E-state index in [9.17, 15) is 9.90 Å². The van der Waals surface area contributed by atoms with Crippen molar-refractivity contribution >= 4 is 16.9 Å². The van der Waals surface area contributed by atoms with Crippen molar-refractivity contribution < 1.29 is 19.4 Å². The Morgan fingerprint density at radius 3 is 2.68 bits per heavy atom. The first kappa shape index (κ1) is 20.9. The molecular weight excluding hydrogens is 354 g/mol. The Labute approximate surface area is 167 Å². The molecule has 1 unspecified atom stereocenters. The number of benzene rings is 1. The highest BCUT2D eigenvalue weighted by atomic mass is 16.5. The minimum Gasteiger partial charge on any atom is -0.481 e. The van der Waals surface area contributed by atoms with E-state index in [-0.39, 0.29) is 12.0 Å². The number of para-hydroxylation sites is 1.